The Hall–Kier alpha value is -3.35. The molecule has 2 aromatic carbocycles. The van der Waals surface area contributed by atoms with Gasteiger partial charge in [0.05, 0.1) is 6.54 Å². The van der Waals surface area contributed by atoms with Crippen molar-refractivity contribution in [1.82, 2.24) is 10.2 Å². The highest BCUT2D eigenvalue weighted by Crippen LogP contribution is 2.34. The number of ether oxygens (including phenoxy) is 2. The highest BCUT2D eigenvalue weighted by atomic mass is 16.7. The van der Waals surface area contributed by atoms with Crippen LogP contribution in [0.1, 0.15) is 54.6 Å². The van der Waals surface area contributed by atoms with Crippen LogP contribution in [0.3, 0.4) is 0 Å². The summed E-state index contributed by atoms with van der Waals surface area (Å²) in [5, 5.41) is 2.75. The Bertz CT molecular complexity index is 1030. The van der Waals surface area contributed by atoms with Crippen molar-refractivity contribution >= 4 is 17.7 Å². The van der Waals surface area contributed by atoms with Gasteiger partial charge < -0.3 is 14.8 Å². The zero-order chi connectivity index (χ0) is 22.2. The molecule has 4 rings (SSSR count). The number of rotatable bonds is 7. The van der Waals surface area contributed by atoms with Crippen LogP contribution in [0.4, 0.5) is 4.79 Å². The molecule has 1 fully saturated rings. The van der Waals surface area contributed by atoms with E-state index in [1.165, 1.54) is 0 Å². The second-order valence-electron chi connectivity index (χ2n) is 8.37. The summed E-state index contributed by atoms with van der Waals surface area (Å²) in [5.41, 5.74) is 1.34. The zero-order valence-corrected chi connectivity index (χ0v) is 17.9. The standard InChI is InChI=1S/C24H26N2O5/c1-4-15(2)17-6-8-18(9-7-17)19(27)13-26-22(28)24(3,25-23(26)29)12-16-5-10-20-21(11-16)31-14-30-20/h5-11,15H,4,12-14H2,1-3H3,(H,25,29)/t15-,24+/m0/s1. The van der Waals surface area contributed by atoms with Crippen molar-refractivity contribution in [2.24, 2.45) is 0 Å². The van der Waals surface area contributed by atoms with Crippen molar-refractivity contribution in [3.8, 4) is 11.5 Å². The Morgan fingerprint density at radius 3 is 2.55 bits per heavy atom. The van der Waals surface area contributed by atoms with E-state index >= 15 is 0 Å². The predicted octanol–water partition coefficient (Wildman–Crippen LogP) is 3.66. The van der Waals surface area contributed by atoms with Gasteiger partial charge in [-0.15, -0.1) is 0 Å². The molecular weight excluding hydrogens is 396 g/mol. The second kappa shape index (κ2) is 8.06. The number of fused-ring (bicyclic) bond motifs is 1. The van der Waals surface area contributed by atoms with Gasteiger partial charge in [-0.1, -0.05) is 44.2 Å². The lowest BCUT2D eigenvalue weighted by molar-refractivity contribution is -0.130. The summed E-state index contributed by atoms with van der Waals surface area (Å²) < 4.78 is 10.7. The van der Waals surface area contributed by atoms with E-state index in [-0.39, 0.29) is 25.5 Å². The fourth-order valence-corrected chi connectivity index (χ4v) is 3.94. The first-order chi connectivity index (χ1) is 14.8. The number of carbonyl (C=O) groups excluding carboxylic acids is 3. The Morgan fingerprint density at radius 2 is 1.84 bits per heavy atom. The number of benzene rings is 2. The van der Waals surface area contributed by atoms with Crippen LogP contribution in [0.15, 0.2) is 42.5 Å². The van der Waals surface area contributed by atoms with Gasteiger partial charge in [-0.05, 0) is 42.5 Å². The van der Waals surface area contributed by atoms with Gasteiger partial charge in [-0.3, -0.25) is 14.5 Å². The third-order valence-corrected chi connectivity index (χ3v) is 6.06. The highest BCUT2D eigenvalue weighted by Gasteiger charge is 2.48. The molecule has 3 amide bonds. The Labute approximate surface area is 181 Å². The molecule has 2 heterocycles. The Kier molecular flexibility index (Phi) is 5.43. The quantitative estimate of drug-likeness (QED) is 0.544. The van der Waals surface area contributed by atoms with E-state index in [1.54, 1.807) is 31.2 Å². The molecule has 2 aliphatic rings. The number of hydrogen-bond donors (Lipinski definition) is 1. The van der Waals surface area contributed by atoms with Crippen molar-refractivity contribution in [3.63, 3.8) is 0 Å². The maximum Gasteiger partial charge on any atom is 0.325 e. The van der Waals surface area contributed by atoms with E-state index in [1.807, 2.05) is 18.2 Å². The molecule has 0 bridgehead atoms. The average molecular weight is 422 g/mol. The minimum Gasteiger partial charge on any atom is -0.454 e. The SMILES string of the molecule is CC[C@H](C)c1ccc(C(=O)CN2C(=O)N[C@](C)(Cc3ccc4c(c3)OCO4)C2=O)cc1. The van der Waals surface area contributed by atoms with E-state index < -0.39 is 17.5 Å². The minimum atomic E-state index is -1.13. The van der Waals surface area contributed by atoms with Crippen molar-refractivity contribution in [1.29, 1.82) is 0 Å². The van der Waals surface area contributed by atoms with Crippen LogP contribution in [0.25, 0.3) is 0 Å². The molecule has 2 aliphatic heterocycles. The molecule has 0 aromatic heterocycles. The lowest BCUT2D eigenvalue weighted by Crippen LogP contribution is -2.46. The fraction of sp³-hybridized carbons (Fsp3) is 0.375. The lowest BCUT2D eigenvalue weighted by Gasteiger charge is -2.22. The molecule has 2 aromatic rings. The number of imide groups is 1. The van der Waals surface area contributed by atoms with Crippen molar-refractivity contribution < 1.29 is 23.9 Å². The van der Waals surface area contributed by atoms with Crippen molar-refractivity contribution in [2.75, 3.05) is 13.3 Å². The van der Waals surface area contributed by atoms with Crippen LogP contribution >= 0.6 is 0 Å². The topological polar surface area (TPSA) is 84.9 Å². The van der Waals surface area contributed by atoms with Gasteiger partial charge in [0.25, 0.3) is 5.91 Å². The molecule has 162 valence electrons. The summed E-state index contributed by atoms with van der Waals surface area (Å²) >= 11 is 0. The molecule has 1 saturated heterocycles. The highest BCUT2D eigenvalue weighted by molar-refractivity contribution is 6.11. The largest absolute Gasteiger partial charge is 0.454 e. The van der Waals surface area contributed by atoms with Gasteiger partial charge in [0.1, 0.15) is 5.54 Å². The second-order valence-corrected chi connectivity index (χ2v) is 8.37. The van der Waals surface area contributed by atoms with Gasteiger partial charge in [-0.2, -0.15) is 0 Å². The first-order valence-corrected chi connectivity index (χ1v) is 10.5. The summed E-state index contributed by atoms with van der Waals surface area (Å²) in [4.78, 5) is 39.3. The van der Waals surface area contributed by atoms with Crippen LogP contribution < -0.4 is 14.8 Å². The summed E-state index contributed by atoms with van der Waals surface area (Å²) in [6.07, 6.45) is 1.29. The molecule has 0 unspecified atom stereocenters. The molecule has 2 atom stereocenters. The zero-order valence-electron chi connectivity index (χ0n) is 17.9. The monoisotopic (exact) mass is 422 g/mol. The van der Waals surface area contributed by atoms with Gasteiger partial charge in [0.15, 0.2) is 17.3 Å². The van der Waals surface area contributed by atoms with Crippen molar-refractivity contribution in [2.45, 2.75) is 45.1 Å². The number of nitrogens with zero attached hydrogens (tertiary/aromatic N) is 1. The average Bonchev–Trinajstić information content (AvgIpc) is 3.31. The molecule has 0 radical (unpaired) electrons. The van der Waals surface area contributed by atoms with Gasteiger partial charge in [0.2, 0.25) is 6.79 Å². The summed E-state index contributed by atoms with van der Waals surface area (Å²) in [7, 11) is 0. The van der Waals surface area contributed by atoms with Crippen LogP contribution in [0.5, 0.6) is 11.5 Å². The number of ketones is 1. The minimum absolute atomic E-state index is 0.167. The van der Waals surface area contributed by atoms with E-state index in [0.717, 1.165) is 22.4 Å². The first-order valence-electron chi connectivity index (χ1n) is 10.5. The van der Waals surface area contributed by atoms with E-state index in [2.05, 4.69) is 19.2 Å². The van der Waals surface area contributed by atoms with E-state index in [9.17, 15) is 14.4 Å². The van der Waals surface area contributed by atoms with Gasteiger partial charge in [0, 0.05) is 12.0 Å². The predicted molar refractivity (Wildman–Crippen MR) is 114 cm³/mol. The number of Topliss-reactive ketones (excluding diaryl/α,β-unsaturated/α-hetero) is 1. The number of urea groups is 1. The lowest BCUT2D eigenvalue weighted by atomic mass is 9.92. The third kappa shape index (κ3) is 4.00. The van der Waals surface area contributed by atoms with Crippen molar-refractivity contribution in [3.05, 3.63) is 59.2 Å². The van der Waals surface area contributed by atoms with E-state index in [0.29, 0.717) is 23.0 Å². The molecule has 0 spiro atoms. The van der Waals surface area contributed by atoms with Crippen LogP contribution in [-0.4, -0.2) is 41.5 Å². The summed E-state index contributed by atoms with van der Waals surface area (Å²) in [6, 6.07) is 12.2. The smallest absolute Gasteiger partial charge is 0.325 e. The van der Waals surface area contributed by atoms with Gasteiger partial charge in [-0.25, -0.2) is 4.79 Å². The summed E-state index contributed by atoms with van der Waals surface area (Å²) in [5.74, 6) is 0.992. The molecule has 31 heavy (non-hydrogen) atoms. The molecule has 0 saturated carbocycles. The van der Waals surface area contributed by atoms with Crippen LogP contribution in [0, 0.1) is 0 Å². The number of amides is 3. The molecule has 0 aliphatic carbocycles. The van der Waals surface area contributed by atoms with Crippen LogP contribution in [0.2, 0.25) is 0 Å². The summed E-state index contributed by atoms with van der Waals surface area (Å²) in [6.45, 7) is 5.79. The normalized spacial score (nSPS) is 20.7. The fourth-order valence-electron chi connectivity index (χ4n) is 3.94. The Balaban J connectivity index is 1.45. The maximum absolute atomic E-state index is 13.1. The molecular formula is C24H26N2O5. The molecule has 7 nitrogen and oxygen atoms in total. The van der Waals surface area contributed by atoms with Crippen LogP contribution in [-0.2, 0) is 11.2 Å². The van der Waals surface area contributed by atoms with Gasteiger partial charge >= 0.3 is 6.03 Å². The molecule has 7 heteroatoms. The first kappa shape index (κ1) is 20.9. The molecule has 1 N–H and O–H groups in total. The maximum atomic E-state index is 13.1. The number of carbonyl (C=O) groups is 3. The Morgan fingerprint density at radius 1 is 1.13 bits per heavy atom. The van der Waals surface area contributed by atoms with E-state index in [4.69, 9.17) is 9.47 Å². The number of hydrogen-bond acceptors (Lipinski definition) is 5. The third-order valence-electron chi connectivity index (χ3n) is 6.06. The number of nitrogens with one attached hydrogen (secondary N) is 1.